The van der Waals surface area contributed by atoms with Gasteiger partial charge in [0.2, 0.25) is 5.91 Å². The fourth-order valence-electron chi connectivity index (χ4n) is 6.65. The van der Waals surface area contributed by atoms with Gasteiger partial charge in [-0.25, -0.2) is 13.2 Å². The number of carbonyl (C=O) groups excluding carboxylic acids is 1. The van der Waals surface area contributed by atoms with Gasteiger partial charge in [-0.05, 0) is 30.0 Å². The monoisotopic (exact) mass is 498 g/mol. The number of rotatable bonds is 4. The lowest BCUT2D eigenvalue weighted by Crippen LogP contribution is -2.63. The number of hydrogen-bond donors (Lipinski definition) is 2. The van der Waals surface area contributed by atoms with Gasteiger partial charge in [-0.2, -0.15) is 0 Å². The van der Waals surface area contributed by atoms with Gasteiger partial charge in [0.05, 0.1) is 49.3 Å². The van der Waals surface area contributed by atoms with Crippen molar-refractivity contribution in [2.24, 2.45) is 11.8 Å². The van der Waals surface area contributed by atoms with Gasteiger partial charge in [0.15, 0.2) is 0 Å². The highest BCUT2D eigenvalue weighted by molar-refractivity contribution is 7.93. The van der Waals surface area contributed by atoms with Gasteiger partial charge in [0.25, 0.3) is 10.0 Å². The maximum absolute atomic E-state index is 13.8. The maximum atomic E-state index is 13.8. The van der Waals surface area contributed by atoms with Crippen LogP contribution in [0, 0.1) is 11.8 Å². The van der Waals surface area contributed by atoms with Crippen molar-refractivity contribution in [1.29, 1.82) is 0 Å². The summed E-state index contributed by atoms with van der Waals surface area (Å²) in [5.41, 5.74) is 2.94. The maximum Gasteiger partial charge on any atom is 0.352 e. The number of quaternary nitrogens is 1. The molecule has 6 rings (SSSR count). The molecule has 0 radical (unpaired) electrons. The van der Waals surface area contributed by atoms with Crippen LogP contribution in [0.1, 0.15) is 25.0 Å². The molecule has 0 spiro atoms. The average Bonchev–Trinajstić information content (AvgIpc) is 3.28. The minimum absolute atomic E-state index is 0.155. The lowest BCUT2D eigenvalue weighted by molar-refractivity contribution is -0.909. The third-order valence-corrected chi connectivity index (χ3v) is 9.94. The summed E-state index contributed by atoms with van der Waals surface area (Å²) in [5, 5.41) is 21.7. The van der Waals surface area contributed by atoms with E-state index in [9.17, 15) is 28.2 Å². The molecular formula is C25H28N3O6S+. The molecule has 2 aromatic rings. The van der Waals surface area contributed by atoms with Crippen LogP contribution >= 0.6 is 0 Å². The van der Waals surface area contributed by atoms with Crippen molar-refractivity contribution in [3.63, 3.8) is 0 Å². The van der Waals surface area contributed by atoms with Crippen molar-refractivity contribution in [3.8, 4) is 0 Å². The molecule has 4 heterocycles. The molecule has 2 aromatic carbocycles. The van der Waals surface area contributed by atoms with Crippen molar-refractivity contribution in [2.45, 2.75) is 44.0 Å². The number of sulfonamides is 1. The molecular weight excluding hydrogens is 470 g/mol. The van der Waals surface area contributed by atoms with Gasteiger partial charge < -0.3 is 19.6 Å². The number of amides is 1. The minimum atomic E-state index is -3.93. The van der Waals surface area contributed by atoms with Gasteiger partial charge in [0.1, 0.15) is 18.8 Å². The molecule has 0 aromatic heterocycles. The predicted octanol–water partition coefficient (Wildman–Crippen LogP) is 1.63. The van der Waals surface area contributed by atoms with Crippen molar-refractivity contribution in [1.82, 2.24) is 4.90 Å². The van der Waals surface area contributed by atoms with Gasteiger partial charge in [0, 0.05) is 22.4 Å². The Morgan fingerprint density at radius 1 is 1.26 bits per heavy atom. The summed E-state index contributed by atoms with van der Waals surface area (Å²) in [7, 11) is 0.311. The molecule has 9 nitrogen and oxygen atoms in total. The van der Waals surface area contributed by atoms with E-state index in [0.717, 1.165) is 34.1 Å². The Labute approximate surface area is 203 Å². The number of carboxylic acids is 1. The molecule has 2 N–H and O–H groups in total. The molecule has 0 aliphatic carbocycles. The number of aliphatic hydroxyl groups is 1. The Morgan fingerprint density at radius 3 is 2.63 bits per heavy atom. The van der Waals surface area contributed by atoms with Crippen LogP contribution in [0.25, 0.3) is 10.8 Å². The highest BCUT2D eigenvalue weighted by Gasteiger charge is 2.60. The number of nitrogens with zero attached hydrogens (tertiary/aromatic N) is 3. The van der Waals surface area contributed by atoms with E-state index in [-0.39, 0.29) is 17.1 Å². The van der Waals surface area contributed by atoms with E-state index in [0.29, 0.717) is 16.6 Å². The predicted molar refractivity (Wildman–Crippen MR) is 128 cm³/mol. The second-order valence-electron chi connectivity index (χ2n) is 10.9. The second-order valence-corrected chi connectivity index (χ2v) is 12.7. The number of aliphatic hydroxyl groups excluding tert-OH is 1. The smallest absolute Gasteiger partial charge is 0.352 e. The highest BCUT2D eigenvalue weighted by Crippen LogP contribution is 2.50. The number of anilines is 1. The third-order valence-electron chi connectivity index (χ3n) is 8.16. The topological polar surface area (TPSA) is 115 Å². The first-order valence-corrected chi connectivity index (χ1v) is 13.2. The average molecular weight is 499 g/mol. The van der Waals surface area contributed by atoms with Crippen LogP contribution in [0.3, 0.4) is 0 Å². The molecule has 35 heavy (non-hydrogen) atoms. The minimum Gasteiger partial charge on any atom is -0.477 e. The summed E-state index contributed by atoms with van der Waals surface area (Å²) in [6.45, 7) is 4.71. The van der Waals surface area contributed by atoms with Crippen LogP contribution < -0.4 is 4.31 Å². The lowest BCUT2D eigenvalue weighted by Gasteiger charge is -2.46. The van der Waals surface area contributed by atoms with Crippen LogP contribution in [-0.2, 0) is 32.7 Å². The fourth-order valence-corrected chi connectivity index (χ4v) is 8.37. The first-order valence-electron chi connectivity index (χ1n) is 11.7. The summed E-state index contributed by atoms with van der Waals surface area (Å²) in [4.78, 5) is 26.4. The van der Waals surface area contributed by atoms with Gasteiger partial charge in [-0.15, -0.1) is 0 Å². The highest BCUT2D eigenvalue weighted by atomic mass is 32.2. The standard InChI is InChI=1S/C25H27N3O6S/c1-12-16(23(25(31)32)27-22(12)20(13(2)29)24(27)30)9-26-18-7-5-6-15-17-11-28(3,4)10-14(17)8-19(21(15)18)35(26,33)34/h5-8,12-13,20,22,29H,9-11H2,1-4H3/p+1/t12-,13+,20+,22+/m0/s1. The van der Waals surface area contributed by atoms with Crippen LogP contribution in [0.4, 0.5) is 5.69 Å². The Bertz CT molecular complexity index is 1490. The number of carbonyl (C=O) groups is 2. The van der Waals surface area contributed by atoms with Crippen molar-refractivity contribution >= 4 is 38.4 Å². The Hall–Kier alpha value is -2.95. The number of benzene rings is 2. The molecule has 1 fully saturated rings. The first kappa shape index (κ1) is 22.5. The van der Waals surface area contributed by atoms with Crippen molar-refractivity contribution < 1.29 is 32.7 Å². The SMILES string of the molecule is C[C@@H](O)[C@H]1C(=O)N2C(C(=O)O)=C(CN3c4cccc5c6c(cc(c45)S3(=O)=O)C[N+](C)(C)C6)[C@H](C)[C@H]12. The summed E-state index contributed by atoms with van der Waals surface area (Å²) in [6.07, 6.45) is -0.917. The van der Waals surface area contributed by atoms with Crippen molar-refractivity contribution in [2.75, 3.05) is 24.9 Å². The van der Waals surface area contributed by atoms with Crippen molar-refractivity contribution in [3.05, 3.63) is 46.7 Å². The molecule has 1 saturated heterocycles. The zero-order chi connectivity index (χ0) is 25.2. The summed E-state index contributed by atoms with van der Waals surface area (Å²) >= 11 is 0. The molecule has 4 aliphatic heterocycles. The van der Waals surface area contributed by atoms with Crippen LogP contribution in [0.15, 0.2) is 40.4 Å². The lowest BCUT2D eigenvalue weighted by atomic mass is 9.78. The van der Waals surface area contributed by atoms with Gasteiger partial charge >= 0.3 is 5.97 Å². The Kier molecular flexibility index (Phi) is 4.40. The number of β-lactam (4-membered cyclic amide) rings is 1. The van der Waals surface area contributed by atoms with E-state index < -0.39 is 45.9 Å². The van der Waals surface area contributed by atoms with E-state index in [4.69, 9.17) is 0 Å². The zero-order valence-electron chi connectivity index (χ0n) is 20.0. The van der Waals surface area contributed by atoms with Crippen LogP contribution in [0.2, 0.25) is 0 Å². The molecule has 10 heteroatoms. The zero-order valence-corrected chi connectivity index (χ0v) is 20.8. The number of hydrogen-bond acceptors (Lipinski definition) is 5. The molecule has 0 saturated carbocycles. The largest absolute Gasteiger partial charge is 0.477 e. The number of aliphatic carboxylic acids is 1. The van der Waals surface area contributed by atoms with Crippen LogP contribution in [-0.4, -0.2) is 72.7 Å². The van der Waals surface area contributed by atoms with E-state index in [1.807, 2.05) is 12.1 Å². The Morgan fingerprint density at radius 2 is 1.97 bits per heavy atom. The summed E-state index contributed by atoms with van der Waals surface area (Å²) in [6, 6.07) is 6.86. The van der Waals surface area contributed by atoms with E-state index in [2.05, 4.69) is 14.1 Å². The quantitative estimate of drug-likeness (QED) is 0.489. The molecule has 0 unspecified atom stereocenters. The third kappa shape index (κ3) is 2.78. The normalized spacial score (nSPS) is 28.4. The molecule has 184 valence electrons. The van der Waals surface area contributed by atoms with Gasteiger partial charge in [-0.1, -0.05) is 19.1 Å². The molecule has 0 bridgehead atoms. The summed E-state index contributed by atoms with van der Waals surface area (Å²) < 4.78 is 29.7. The first-order chi connectivity index (χ1) is 16.3. The Balaban J connectivity index is 1.48. The number of carboxylic acid groups (broad SMARTS) is 1. The summed E-state index contributed by atoms with van der Waals surface area (Å²) in [5.74, 6) is -2.80. The van der Waals surface area contributed by atoms with Gasteiger partial charge in [-0.3, -0.25) is 9.10 Å². The molecule has 4 atom stereocenters. The molecule has 4 aliphatic rings. The second kappa shape index (κ2) is 6.83. The molecule has 1 amide bonds. The fraction of sp³-hybridized carbons (Fsp3) is 0.440. The number of fused-ring (bicyclic) bond motifs is 3. The van der Waals surface area contributed by atoms with E-state index in [1.54, 1.807) is 19.1 Å². The van der Waals surface area contributed by atoms with E-state index >= 15 is 0 Å². The van der Waals surface area contributed by atoms with Crippen LogP contribution in [0.5, 0.6) is 0 Å². The van der Waals surface area contributed by atoms with E-state index in [1.165, 1.54) is 16.1 Å².